The van der Waals surface area contributed by atoms with Crippen molar-refractivity contribution in [3.63, 3.8) is 0 Å². The van der Waals surface area contributed by atoms with Gasteiger partial charge in [-0.1, -0.05) is 57.2 Å². The molecule has 0 fully saturated rings. The number of fused-ring (bicyclic) bond motifs is 4. The van der Waals surface area contributed by atoms with Gasteiger partial charge in [-0.05, 0) is 52.4 Å². The second kappa shape index (κ2) is 6.02. The Labute approximate surface area is 171 Å². The topological polar surface area (TPSA) is 3.01 Å². The minimum atomic E-state index is 0.108. The van der Waals surface area contributed by atoms with Crippen molar-refractivity contribution in [2.24, 2.45) is 0 Å². The molecular formula is C26H26NS+. The Kier molecular flexibility index (Phi) is 3.79. The Morgan fingerprint density at radius 1 is 0.893 bits per heavy atom. The van der Waals surface area contributed by atoms with Gasteiger partial charge in [0.05, 0.1) is 16.7 Å². The lowest BCUT2D eigenvalue weighted by Crippen LogP contribution is -2.17. The van der Waals surface area contributed by atoms with E-state index in [4.69, 9.17) is 0 Å². The van der Waals surface area contributed by atoms with Gasteiger partial charge in [-0.3, -0.25) is 0 Å². The van der Waals surface area contributed by atoms with Gasteiger partial charge in [0, 0.05) is 10.3 Å². The molecule has 1 aliphatic rings. The summed E-state index contributed by atoms with van der Waals surface area (Å²) in [6.45, 7) is 9.25. The summed E-state index contributed by atoms with van der Waals surface area (Å²) in [6.07, 6.45) is 1.02. The number of hydrogen-bond donors (Lipinski definition) is 0. The smallest absolute Gasteiger partial charge is 0.196 e. The third-order valence-corrected chi connectivity index (χ3v) is 7.30. The molecule has 0 bridgehead atoms. The number of benzene rings is 3. The maximum Gasteiger partial charge on any atom is 0.227 e. The number of rotatable bonds is 1. The van der Waals surface area contributed by atoms with Crippen LogP contribution in [0.4, 0.5) is 5.69 Å². The maximum absolute atomic E-state index is 2.46. The Morgan fingerprint density at radius 3 is 2.25 bits per heavy atom. The molecule has 28 heavy (non-hydrogen) atoms. The highest BCUT2D eigenvalue weighted by atomic mass is 32.1. The Hall–Kier alpha value is -2.45. The molecule has 3 aromatic carbocycles. The van der Waals surface area contributed by atoms with E-state index in [-0.39, 0.29) is 5.41 Å². The summed E-state index contributed by atoms with van der Waals surface area (Å²) in [5, 5.41) is 4.15. The van der Waals surface area contributed by atoms with E-state index in [1.807, 2.05) is 11.3 Å². The van der Waals surface area contributed by atoms with E-state index in [0.717, 1.165) is 6.42 Å². The molecular weight excluding hydrogens is 358 g/mol. The van der Waals surface area contributed by atoms with Crippen molar-refractivity contribution in [2.75, 3.05) is 7.05 Å². The molecule has 1 aromatic heterocycles. The summed E-state index contributed by atoms with van der Waals surface area (Å²) < 4.78 is 3.83. The van der Waals surface area contributed by atoms with E-state index in [9.17, 15) is 0 Å². The maximum atomic E-state index is 2.46. The summed E-state index contributed by atoms with van der Waals surface area (Å²) in [7, 11) is 2.24. The van der Waals surface area contributed by atoms with Crippen LogP contribution in [-0.2, 0) is 11.8 Å². The van der Waals surface area contributed by atoms with E-state index in [1.54, 1.807) is 0 Å². The third kappa shape index (κ3) is 2.48. The quantitative estimate of drug-likeness (QED) is 0.311. The number of aryl methyl sites for hydroxylation is 1. The fraction of sp³-hybridized carbons (Fsp3) is 0.269. The predicted molar refractivity (Wildman–Crippen MR) is 123 cm³/mol. The summed E-state index contributed by atoms with van der Waals surface area (Å²) in [4.78, 5) is 1.49. The summed E-state index contributed by atoms with van der Waals surface area (Å²) in [5.74, 6) is 0. The molecule has 1 aliphatic heterocycles. The standard InChI is InChI=1S/C26H26NS/c1-16-17-10-6-7-11-18(17)21(26(2,3)4)14-20(16)22-15-24-25(27(22)5)19-12-8-9-13-23(19)28-24/h6-14H,15H2,1-5H3/q+1. The molecule has 0 unspecified atom stereocenters. The van der Waals surface area contributed by atoms with Gasteiger partial charge in [-0.15, -0.1) is 11.3 Å². The average molecular weight is 385 g/mol. The van der Waals surface area contributed by atoms with Crippen molar-refractivity contribution in [3.05, 3.63) is 76.2 Å². The summed E-state index contributed by atoms with van der Waals surface area (Å²) in [6, 6.07) is 20.1. The van der Waals surface area contributed by atoms with Gasteiger partial charge in [-0.2, -0.15) is 4.58 Å². The molecule has 0 atom stereocenters. The van der Waals surface area contributed by atoms with Gasteiger partial charge < -0.3 is 0 Å². The lowest BCUT2D eigenvalue weighted by molar-refractivity contribution is -0.399. The van der Waals surface area contributed by atoms with Gasteiger partial charge in [0.25, 0.3) is 0 Å². The fourth-order valence-corrected chi connectivity index (χ4v) is 5.93. The van der Waals surface area contributed by atoms with Crippen LogP contribution in [0.5, 0.6) is 0 Å². The lowest BCUT2D eigenvalue weighted by atomic mass is 9.80. The molecule has 140 valence electrons. The molecule has 2 heterocycles. The second-order valence-electron chi connectivity index (χ2n) is 8.94. The first-order valence-corrected chi connectivity index (χ1v) is 10.8. The van der Waals surface area contributed by atoms with Gasteiger partial charge in [-0.25, -0.2) is 0 Å². The molecule has 0 saturated heterocycles. The predicted octanol–water partition coefficient (Wildman–Crippen LogP) is 6.98. The first-order chi connectivity index (χ1) is 13.4. The van der Waals surface area contributed by atoms with Crippen molar-refractivity contribution in [1.82, 2.24) is 0 Å². The van der Waals surface area contributed by atoms with Gasteiger partial charge >= 0.3 is 0 Å². The van der Waals surface area contributed by atoms with Crippen LogP contribution in [0.25, 0.3) is 20.9 Å². The lowest BCUT2D eigenvalue weighted by Gasteiger charge is -2.23. The Morgan fingerprint density at radius 2 is 1.54 bits per heavy atom. The van der Waals surface area contributed by atoms with Crippen LogP contribution in [0, 0.1) is 6.92 Å². The molecule has 4 aromatic rings. The number of hydrogen-bond acceptors (Lipinski definition) is 1. The van der Waals surface area contributed by atoms with Crippen LogP contribution in [0.3, 0.4) is 0 Å². The molecule has 0 saturated carbocycles. The minimum Gasteiger partial charge on any atom is -0.196 e. The SMILES string of the molecule is Cc1c(C2=[N+](C)c3c(sc4ccccc34)C2)cc(C(C)(C)C)c2ccccc12. The summed E-state index contributed by atoms with van der Waals surface area (Å²) >= 11 is 1.95. The van der Waals surface area contributed by atoms with Crippen LogP contribution in [0.2, 0.25) is 0 Å². The number of thiophene rings is 1. The van der Waals surface area contributed by atoms with E-state index in [1.165, 1.54) is 53.8 Å². The van der Waals surface area contributed by atoms with Gasteiger partial charge in [0.15, 0.2) is 5.71 Å². The Bertz CT molecular complexity index is 1280. The van der Waals surface area contributed by atoms with Crippen molar-refractivity contribution in [2.45, 2.75) is 39.5 Å². The van der Waals surface area contributed by atoms with Crippen LogP contribution < -0.4 is 0 Å². The molecule has 0 amide bonds. The number of nitrogens with zero attached hydrogens (tertiary/aromatic N) is 1. The van der Waals surface area contributed by atoms with Crippen molar-refractivity contribution in [1.29, 1.82) is 0 Å². The molecule has 5 rings (SSSR count). The first-order valence-electron chi connectivity index (χ1n) is 9.99. The summed E-state index contributed by atoms with van der Waals surface area (Å²) in [5.41, 5.74) is 7.17. The average Bonchev–Trinajstić information content (AvgIpc) is 3.18. The first kappa shape index (κ1) is 17.6. The van der Waals surface area contributed by atoms with Crippen molar-refractivity contribution < 1.29 is 4.58 Å². The molecule has 2 heteroatoms. The fourth-order valence-electron chi connectivity index (χ4n) is 4.69. The van der Waals surface area contributed by atoms with Crippen LogP contribution in [0.1, 0.15) is 42.3 Å². The van der Waals surface area contributed by atoms with Crippen molar-refractivity contribution in [3.8, 4) is 0 Å². The van der Waals surface area contributed by atoms with Gasteiger partial charge in [0.1, 0.15) is 7.05 Å². The Balaban J connectivity index is 1.80. The van der Waals surface area contributed by atoms with Crippen LogP contribution in [-0.4, -0.2) is 17.3 Å². The largest absolute Gasteiger partial charge is 0.227 e. The highest BCUT2D eigenvalue weighted by Crippen LogP contribution is 2.43. The van der Waals surface area contributed by atoms with E-state index in [0.29, 0.717) is 0 Å². The molecule has 0 N–H and O–H groups in total. The van der Waals surface area contributed by atoms with E-state index in [2.05, 4.69) is 93.9 Å². The highest BCUT2D eigenvalue weighted by molar-refractivity contribution is 7.19. The minimum absolute atomic E-state index is 0.108. The molecule has 0 radical (unpaired) electrons. The van der Waals surface area contributed by atoms with E-state index < -0.39 is 0 Å². The van der Waals surface area contributed by atoms with Crippen LogP contribution in [0.15, 0.2) is 54.6 Å². The molecule has 0 aliphatic carbocycles. The zero-order valence-corrected chi connectivity index (χ0v) is 18.1. The normalized spacial score (nSPS) is 14.3. The third-order valence-electron chi connectivity index (χ3n) is 6.14. The van der Waals surface area contributed by atoms with Crippen molar-refractivity contribution >= 4 is 43.6 Å². The zero-order valence-electron chi connectivity index (χ0n) is 17.3. The van der Waals surface area contributed by atoms with E-state index >= 15 is 0 Å². The second-order valence-corrected chi connectivity index (χ2v) is 10.1. The monoisotopic (exact) mass is 384 g/mol. The van der Waals surface area contributed by atoms with Crippen LogP contribution >= 0.6 is 11.3 Å². The highest BCUT2D eigenvalue weighted by Gasteiger charge is 2.34. The van der Waals surface area contributed by atoms with Gasteiger partial charge in [0.2, 0.25) is 5.69 Å². The molecule has 0 spiro atoms. The zero-order chi connectivity index (χ0) is 19.6. The molecule has 1 nitrogen and oxygen atoms in total.